The van der Waals surface area contributed by atoms with Gasteiger partial charge in [-0.3, -0.25) is 0 Å². The summed E-state index contributed by atoms with van der Waals surface area (Å²) in [4.78, 5) is 16.5. The van der Waals surface area contributed by atoms with Crippen LogP contribution in [0.5, 0.6) is 0 Å². The maximum atomic E-state index is 12.4. The van der Waals surface area contributed by atoms with Gasteiger partial charge in [-0.1, -0.05) is 30.3 Å². The van der Waals surface area contributed by atoms with Gasteiger partial charge in [0.1, 0.15) is 0 Å². The first kappa shape index (κ1) is 12.5. The van der Waals surface area contributed by atoms with E-state index >= 15 is 0 Å². The minimum atomic E-state index is 0.218. The van der Waals surface area contributed by atoms with Crippen molar-refractivity contribution < 1.29 is 4.79 Å². The van der Waals surface area contributed by atoms with E-state index in [1.807, 2.05) is 23.1 Å². The number of amides is 2. The Morgan fingerprint density at radius 3 is 2.58 bits per heavy atom. The van der Waals surface area contributed by atoms with E-state index in [0.717, 1.165) is 45.6 Å². The van der Waals surface area contributed by atoms with Crippen LogP contribution in [0.15, 0.2) is 30.3 Å². The maximum absolute atomic E-state index is 12.4. The van der Waals surface area contributed by atoms with Crippen LogP contribution >= 0.6 is 0 Å². The average Bonchev–Trinajstić information content (AvgIpc) is 2.82. The average molecular weight is 259 g/mol. The Bertz CT molecular complexity index is 428. The molecule has 2 amide bonds. The smallest absolute Gasteiger partial charge is 0.320 e. The lowest BCUT2D eigenvalue weighted by molar-refractivity contribution is 0.165. The number of urea groups is 1. The number of hydrogen-bond acceptors (Lipinski definition) is 2. The molecule has 2 heterocycles. The van der Waals surface area contributed by atoms with Crippen LogP contribution in [0.4, 0.5) is 4.79 Å². The monoisotopic (exact) mass is 259 g/mol. The zero-order chi connectivity index (χ0) is 13.1. The molecule has 0 unspecified atom stereocenters. The van der Waals surface area contributed by atoms with Gasteiger partial charge >= 0.3 is 6.03 Å². The van der Waals surface area contributed by atoms with Crippen molar-refractivity contribution >= 4 is 6.03 Å². The van der Waals surface area contributed by atoms with Crippen molar-refractivity contribution in [1.29, 1.82) is 0 Å². The number of carbonyl (C=O) groups is 1. The highest BCUT2D eigenvalue weighted by molar-refractivity contribution is 5.76. The number of hydrogen-bond donors (Lipinski definition) is 1. The van der Waals surface area contributed by atoms with Crippen LogP contribution in [-0.2, 0) is 6.54 Å². The van der Waals surface area contributed by atoms with Gasteiger partial charge < -0.3 is 15.1 Å². The van der Waals surface area contributed by atoms with E-state index in [4.69, 9.17) is 0 Å². The van der Waals surface area contributed by atoms with Gasteiger partial charge in [-0.2, -0.15) is 0 Å². The Balaban J connectivity index is 1.62. The van der Waals surface area contributed by atoms with E-state index in [-0.39, 0.29) is 6.03 Å². The van der Waals surface area contributed by atoms with Crippen LogP contribution in [0, 0.1) is 0 Å². The summed E-state index contributed by atoms with van der Waals surface area (Å²) in [6.07, 6.45) is 2.18. The van der Waals surface area contributed by atoms with Crippen molar-refractivity contribution in [2.45, 2.75) is 25.4 Å². The van der Waals surface area contributed by atoms with E-state index in [9.17, 15) is 4.79 Å². The molecule has 1 aromatic carbocycles. The Labute approximate surface area is 114 Å². The van der Waals surface area contributed by atoms with E-state index in [1.54, 1.807) is 0 Å². The summed E-state index contributed by atoms with van der Waals surface area (Å²) >= 11 is 0. The summed E-state index contributed by atoms with van der Waals surface area (Å²) in [6.45, 7) is 4.55. The van der Waals surface area contributed by atoms with E-state index < -0.39 is 0 Å². The van der Waals surface area contributed by atoms with Gasteiger partial charge in [0, 0.05) is 25.7 Å². The number of nitrogens with one attached hydrogen (secondary N) is 1. The van der Waals surface area contributed by atoms with Gasteiger partial charge in [0.05, 0.1) is 0 Å². The third-order valence-corrected chi connectivity index (χ3v) is 4.09. The van der Waals surface area contributed by atoms with E-state index in [1.165, 1.54) is 5.56 Å². The van der Waals surface area contributed by atoms with Crippen molar-refractivity contribution in [3.05, 3.63) is 35.9 Å². The molecule has 2 saturated heterocycles. The van der Waals surface area contributed by atoms with Crippen LogP contribution in [0.25, 0.3) is 0 Å². The largest absolute Gasteiger partial charge is 0.320 e. The van der Waals surface area contributed by atoms with Crippen molar-refractivity contribution in [3.8, 4) is 0 Å². The normalized spacial score (nSPS) is 21.2. The fourth-order valence-electron chi connectivity index (χ4n) is 3.01. The molecule has 4 nitrogen and oxygen atoms in total. The molecule has 2 aliphatic heterocycles. The molecule has 3 rings (SSSR count). The quantitative estimate of drug-likeness (QED) is 0.896. The second kappa shape index (κ2) is 5.61. The Morgan fingerprint density at radius 1 is 1.11 bits per heavy atom. The van der Waals surface area contributed by atoms with E-state index in [2.05, 4.69) is 22.3 Å². The molecule has 0 saturated carbocycles. The molecule has 0 aromatic heterocycles. The predicted octanol–water partition coefficient (Wildman–Crippen LogP) is 1.68. The second-order valence-corrected chi connectivity index (χ2v) is 5.36. The fraction of sp³-hybridized carbons (Fsp3) is 0.533. The Hall–Kier alpha value is -1.55. The van der Waals surface area contributed by atoms with Crippen molar-refractivity contribution in [1.82, 2.24) is 15.1 Å². The number of nitrogens with zero attached hydrogens (tertiary/aromatic N) is 2. The Kier molecular flexibility index (Phi) is 3.69. The lowest BCUT2D eigenvalue weighted by Gasteiger charge is -2.31. The number of benzene rings is 1. The molecule has 0 spiro atoms. The summed E-state index contributed by atoms with van der Waals surface area (Å²) in [5.74, 6) is 0. The molecule has 102 valence electrons. The first-order valence-electron chi connectivity index (χ1n) is 7.15. The lowest BCUT2D eigenvalue weighted by atomic mass is 10.1. The molecule has 0 radical (unpaired) electrons. The summed E-state index contributed by atoms with van der Waals surface area (Å²) in [7, 11) is 0. The topological polar surface area (TPSA) is 35.6 Å². The fourth-order valence-corrected chi connectivity index (χ4v) is 3.01. The molecule has 0 bridgehead atoms. The molecule has 19 heavy (non-hydrogen) atoms. The summed E-state index contributed by atoms with van der Waals surface area (Å²) in [6, 6.07) is 10.9. The molecule has 2 fully saturated rings. The molecule has 0 aliphatic carbocycles. The van der Waals surface area contributed by atoms with Crippen LogP contribution in [0.3, 0.4) is 0 Å². The zero-order valence-corrected chi connectivity index (χ0v) is 11.2. The lowest BCUT2D eigenvalue weighted by Crippen LogP contribution is -2.45. The van der Waals surface area contributed by atoms with Gasteiger partial charge in [-0.15, -0.1) is 0 Å². The first-order valence-corrected chi connectivity index (χ1v) is 7.15. The van der Waals surface area contributed by atoms with Crippen LogP contribution in [0.2, 0.25) is 0 Å². The summed E-state index contributed by atoms with van der Waals surface area (Å²) in [5.41, 5.74) is 1.21. The highest BCUT2D eigenvalue weighted by Crippen LogP contribution is 2.20. The van der Waals surface area contributed by atoms with Crippen LogP contribution in [0.1, 0.15) is 18.4 Å². The molecule has 0 atom stereocenters. The molecule has 1 aromatic rings. The second-order valence-electron chi connectivity index (χ2n) is 5.36. The van der Waals surface area contributed by atoms with E-state index in [0.29, 0.717) is 6.04 Å². The van der Waals surface area contributed by atoms with Crippen molar-refractivity contribution in [2.24, 2.45) is 0 Å². The zero-order valence-electron chi connectivity index (χ0n) is 11.2. The van der Waals surface area contributed by atoms with Gasteiger partial charge in [0.15, 0.2) is 0 Å². The summed E-state index contributed by atoms with van der Waals surface area (Å²) in [5, 5.41) is 3.35. The molecule has 1 N–H and O–H groups in total. The number of carbonyl (C=O) groups excluding carboxylic acids is 1. The number of rotatable bonds is 3. The van der Waals surface area contributed by atoms with Gasteiger partial charge in [0.2, 0.25) is 0 Å². The minimum absolute atomic E-state index is 0.218. The maximum Gasteiger partial charge on any atom is 0.320 e. The minimum Gasteiger partial charge on any atom is -0.320 e. The first-order chi connectivity index (χ1) is 9.34. The third kappa shape index (κ3) is 2.73. The molecule has 2 aliphatic rings. The Morgan fingerprint density at radius 2 is 1.84 bits per heavy atom. The molecular formula is C15H21N3O. The van der Waals surface area contributed by atoms with Crippen LogP contribution < -0.4 is 5.32 Å². The van der Waals surface area contributed by atoms with Crippen LogP contribution in [-0.4, -0.2) is 48.1 Å². The number of piperidine rings is 1. The van der Waals surface area contributed by atoms with Gasteiger partial charge in [0.25, 0.3) is 0 Å². The van der Waals surface area contributed by atoms with Gasteiger partial charge in [-0.25, -0.2) is 4.79 Å². The molecule has 4 heteroatoms. The summed E-state index contributed by atoms with van der Waals surface area (Å²) < 4.78 is 0. The SMILES string of the molecule is O=C1N(Cc2ccccc2)CCN1C1CCNCC1. The van der Waals surface area contributed by atoms with Crippen molar-refractivity contribution in [3.63, 3.8) is 0 Å². The standard InChI is InChI=1S/C15H21N3O/c19-15-17(12-13-4-2-1-3-5-13)10-11-18(15)14-6-8-16-9-7-14/h1-5,14,16H,6-12H2. The highest BCUT2D eigenvalue weighted by atomic mass is 16.2. The molecular weight excluding hydrogens is 238 g/mol. The van der Waals surface area contributed by atoms with Gasteiger partial charge in [-0.05, 0) is 31.5 Å². The third-order valence-electron chi connectivity index (χ3n) is 4.09. The van der Waals surface area contributed by atoms with Crippen molar-refractivity contribution in [2.75, 3.05) is 26.2 Å². The highest BCUT2D eigenvalue weighted by Gasteiger charge is 2.33. The predicted molar refractivity (Wildman–Crippen MR) is 74.8 cm³/mol.